The highest BCUT2D eigenvalue weighted by atomic mass is 127. The SMILES string of the molecule is CCNC(=NCc1cccc(C(=O)NC)c1)NCc1ccc(CC)s1.I. The summed E-state index contributed by atoms with van der Waals surface area (Å²) in [4.78, 5) is 19.0. The molecule has 0 bridgehead atoms. The lowest BCUT2D eigenvalue weighted by atomic mass is 10.1. The molecule has 7 heteroatoms. The minimum Gasteiger partial charge on any atom is -0.357 e. The number of carbonyl (C=O) groups excluding carboxylic acids is 1. The first kappa shape index (κ1) is 22.4. The average Bonchev–Trinajstić information content (AvgIpc) is 3.11. The molecule has 0 radical (unpaired) electrons. The predicted molar refractivity (Wildman–Crippen MR) is 121 cm³/mol. The summed E-state index contributed by atoms with van der Waals surface area (Å²) in [7, 11) is 1.63. The molecule has 1 aromatic heterocycles. The summed E-state index contributed by atoms with van der Waals surface area (Å²) in [6, 6.07) is 11.9. The van der Waals surface area contributed by atoms with Crippen molar-refractivity contribution < 1.29 is 4.79 Å². The van der Waals surface area contributed by atoms with E-state index < -0.39 is 0 Å². The maximum atomic E-state index is 11.7. The van der Waals surface area contributed by atoms with Crippen LogP contribution in [0.25, 0.3) is 0 Å². The average molecular weight is 486 g/mol. The quantitative estimate of drug-likeness (QED) is 0.319. The Bertz CT molecular complexity index is 730. The van der Waals surface area contributed by atoms with E-state index in [0.29, 0.717) is 12.1 Å². The van der Waals surface area contributed by atoms with Crippen LogP contribution < -0.4 is 16.0 Å². The Kier molecular flexibility index (Phi) is 10.3. The lowest BCUT2D eigenvalue weighted by Crippen LogP contribution is -2.36. The normalized spacial score (nSPS) is 10.8. The van der Waals surface area contributed by atoms with Crippen LogP contribution in [0.4, 0.5) is 0 Å². The second-order valence-electron chi connectivity index (χ2n) is 5.55. The number of amides is 1. The second kappa shape index (κ2) is 11.9. The lowest BCUT2D eigenvalue weighted by Gasteiger charge is -2.10. The van der Waals surface area contributed by atoms with E-state index in [0.717, 1.165) is 31.0 Å². The summed E-state index contributed by atoms with van der Waals surface area (Å²) in [5, 5.41) is 9.26. The fourth-order valence-electron chi connectivity index (χ4n) is 2.35. The molecule has 5 nitrogen and oxygen atoms in total. The zero-order valence-electron chi connectivity index (χ0n) is 15.5. The summed E-state index contributed by atoms with van der Waals surface area (Å²) in [6.45, 7) is 6.29. The van der Waals surface area contributed by atoms with Crippen molar-refractivity contribution >= 4 is 47.2 Å². The number of hydrogen-bond acceptors (Lipinski definition) is 3. The second-order valence-corrected chi connectivity index (χ2v) is 6.80. The molecule has 3 N–H and O–H groups in total. The van der Waals surface area contributed by atoms with Crippen LogP contribution in [0, 0.1) is 0 Å². The van der Waals surface area contributed by atoms with E-state index in [1.165, 1.54) is 9.75 Å². The van der Waals surface area contributed by atoms with Crippen LogP contribution in [0.15, 0.2) is 41.4 Å². The van der Waals surface area contributed by atoms with Gasteiger partial charge in [-0.1, -0.05) is 19.1 Å². The molecule has 0 saturated carbocycles. The first-order valence-electron chi connectivity index (χ1n) is 8.57. The summed E-state index contributed by atoms with van der Waals surface area (Å²) in [5.74, 6) is 0.694. The number of aryl methyl sites for hydroxylation is 1. The van der Waals surface area contributed by atoms with Crippen LogP contribution in [-0.4, -0.2) is 25.5 Å². The van der Waals surface area contributed by atoms with Gasteiger partial charge in [-0.15, -0.1) is 35.3 Å². The Hall–Kier alpha value is -1.61. The Labute approximate surface area is 176 Å². The fraction of sp³-hybridized carbons (Fsp3) is 0.368. The number of benzene rings is 1. The van der Waals surface area contributed by atoms with Crippen molar-refractivity contribution in [3.8, 4) is 0 Å². The van der Waals surface area contributed by atoms with Gasteiger partial charge in [0.25, 0.3) is 5.91 Å². The molecule has 0 aliphatic carbocycles. The van der Waals surface area contributed by atoms with E-state index in [4.69, 9.17) is 0 Å². The third-order valence-corrected chi connectivity index (χ3v) is 4.91. The van der Waals surface area contributed by atoms with Crippen LogP contribution in [0.1, 0.15) is 39.5 Å². The Morgan fingerprint density at radius 1 is 1.12 bits per heavy atom. The summed E-state index contributed by atoms with van der Waals surface area (Å²) >= 11 is 1.83. The van der Waals surface area contributed by atoms with Crippen molar-refractivity contribution in [1.29, 1.82) is 0 Å². The summed E-state index contributed by atoms with van der Waals surface area (Å²) < 4.78 is 0. The Balaban J connectivity index is 0.00000338. The molecule has 0 aliphatic rings. The molecule has 1 aromatic carbocycles. The van der Waals surface area contributed by atoms with Crippen molar-refractivity contribution in [2.24, 2.45) is 4.99 Å². The van der Waals surface area contributed by atoms with Crippen LogP contribution in [-0.2, 0) is 19.5 Å². The molecule has 0 saturated heterocycles. The van der Waals surface area contributed by atoms with E-state index in [9.17, 15) is 4.79 Å². The number of thiophene rings is 1. The molecule has 0 atom stereocenters. The number of halogens is 1. The number of nitrogens with zero attached hydrogens (tertiary/aromatic N) is 1. The topological polar surface area (TPSA) is 65.5 Å². The van der Waals surface area contributed by atoms with Gasteiger partial charge in [-0.2, -0.15) is 0 Å². The van der Waals surface area contributed by atoms with Gasteiger partial charge in [0.05, 0.1) is 13.1 Å². The van der Waals surface area contributed by atoms with Gasteiger partial charge in [0.1, 0.15) is 0 Å². The Morgan fingerprint density at radius 3 is 2.54 bits per heavy atom. The van der Waals surface area contributed by atoms with Crippen LogP contribution >= 0.6 is 35.3 Å². The van der Waals surface area contributed by atoms with Crippen LogP contribution in [0.5, 0.6) is 0 Å². The number of rotatable bonds is 7. The molecule has 1 heterocycles. The van der Waals surface area contributed by atoms with Crippen LogP contribution in [0.3, 0.4) is 0 Å². The largest absolute Gasteiger partial charge is 0.357 e. The van der Waals surface area contributed by atoms with E-state index in [-0.39, 0.29) is 29.9 Å². The number of aliphatic imine (C=N–C) groups is 1. The number of guanidine groups is 1. The monoisotopic (exact) mass is 486 g/mol. The fourth-order valence-corrected chi connectivity index (χ4v) is 3.24. The van der Waals surface area contributed by atoms with Crippen molar-refractivity contribution in [3.63, 3.8) is 0 Å². The molecular formula is C19H27IN4OS. The molecule has 2 aromatic rings. The summed E-state index contributed by atoms with van der Waals surface area (Å²) in [5.41, 5.74) is 1.65. The summed E-state index contributed by atoms with van der Waals surface area (Å²) in [6.07, 6.45) is 1.07. The number of nitrogens with one attached hydrogen (secondary N) is 3. The van der Waals surface area contributed by atoms with Gasteiger partial charge in [-0.25, -0.2) is 4.99 Å². The predicted octanol–water partition coefficient (Wildman–Crippen LogP) is 3.54. The van der Waals surface area contributed by atoms with E-state index in [1.54, 1.807) is 13.1 Å². The highest BCUT2D eigenvalue weighted by molar-refractivity contribution is 14.0. The highest BCUT2D eigenvalue weighted by Gasteiger charge is 2.04. The van der Waals surface area contributed by atoms with Crippen molar-refractivity contribution in [2.45, 2.75) is 33.4 Å². The van der Waals surface area contributed by atoms with Crippen molar-refractivity contribution in [3.05, 3.63) is 57.3 Å². The number of hydrogen-bond donors (Lipinski definition) is 3. The minimum atomic E-state index is -0.0831. The molecule has 1 amide bonds. The molecule has 26 heavy (non-hydrogen) atoms. The third kappa shape index (κ3) is 6.95. The molecule has 0 spiro atoms. The van der Waals surface area contributed by atoms with E-state index >= 15 is 0 Å². The van der Waals surface area contributed by atoms with E-state index in [2.05, 4.69) is 40.0 Å². The lowest BCUT2D eigenvalue weighted by molar-refractivity contribution is 0.0963. The highest BCUT2D eigenvalue weighted by Crippen LogP contribution is 2.16. The van der Waals surface area contributed by atoms with Crippen molar-refractivity contribution in [1.82, 2.24) is 16.0 Å². The molecule has 2 rings (SSSR count). The van der Waals surface area contributed by atoms with Gasteiger partial charge in [0.2, 0.25) is 0 Å². The smallest absolute Gasteiger partial charge is 0.251 e. The van der Waals surface area contributed by atoms with Crippen LogP contribution in [0.2, 0.25) is 0 Å². The molecule has 0 fully saturated rings. The zero-order valence-corrected chi connectivity index (χ0v) is 18.6. The van der Waals surface area contributed by atoms with Crippen molar-refractivity contribution in [2.75, 3.05) is 13.6 Å². The van der Waals surface area contributed by atoms with E-state index in [1.807, 2.05) is 36.5 Å². The maximum absolute atomic E-state index is 11.7. The van der Waals surface area contributed by atoms with Gasteiger partial charge in [0.15, 0.2) is 5.96 Å². The molecule has 0 aliphatic heterocycles. The third-order valence-electron chi connectivity index (χ3n) is 3.68. The molecular weight excluding hydrogens is 459 g/mol. The standard InChI is InChI=1S/C19H26N4OS.HI/c1-4-16-9-10-17(25-16)13-23-19(21-5-2)22-12-14-7-6-8-15(11-14)18(24)20-3;/h6-11H,4-5,12-13H2,1-3H3,(H,20,24)(H2,21,22,23);1H. The first-order chi connectivity index (χ1) is 12.2. The number of carbonyl (C=O) groups is 1. The minimum absolute atomic E-state index is 0. The molecule has 142 valence electrons. The molecule has 0 unspecified atom stereocenters. The zero-order chi connectivity index (χ0) is 18.1. The van der Waals surface area contributed by atoms with Gasteiger partial charge in [-0.05, 0) is 43.2 Å². The Morgan fingerprint density at radius 2 is 1.88 bits per heavy atom. The maximum Gasteiger partial charge on any atom is 0.251 e. The van der Waals surface area contributed by atoms with Gasteiger partial charge >= 0.3 is 0 Å². The van der Waals surface area contributed by atoms with Gasteiger partial charge in [-0.3, -0.25) is 4.79 Å². The van der Waals surface area contributed by atoms with Gasteiger partial charge < -0.3 is 16.0 Å². The first-order valence-corrected chi connectivity index (χ1v) is 9.38. The van der Waals surface area contributed by atoms with Gasteiger partial charge in [0, 0.05) is 28.9 Å².